The van der Waals surface area contributed by atoms with E-state index in [-0.39, 0.29) is 0 Å². The zero-order valence-corrected chi connectivity index (χ0v) is 17.1. The minimum absolute atomic E-state index is 0.496. The van der Waals surface area contributed by atoms with E-state index in [1.165, 1.54) is 16.8 Å². The Bertz CT molecular complexity index is 1170. The van der Waals surface area contributed by atoms with Crippen LogP contribution in [0.4, 0.5) is 5.69 Å². The number of imidazole rings is 1. The first kappa shape index (κ1) is 18.9. The summed E-state index contributed by atoms with van der Waals surface area (Å²) in [7, 11) is 0. The second-order valence-corrected chi connectivity index (χ2v) is 7.84. The van der Waals surface area contributed by atoms with Crippen LogP contribution in [-0.4, -0.2) is 40.8 Å². The smallest absolute Gasteiger partial charge is 0.100 e. The molecule has 5 heteroatoms. The molecule has 1 fully saturated rings. The molecule has 30 heavy (non-hydrogen) atoms. The predicted molar refractivity (Wildman–Crippen MR) is 122 cm³/mol. The summed E-state index contributed by atoms with van der Waals surface area (Å²) < 4.78 is 2.11. The minimum atomic E-state index is -0.496. The number of nitrogens with zero attached hydrogens (tertiary/aromatic N) is 3. The third-order valence-electron chi connectivity index (χ3n) is 5.85. The number of rotatable bonds is 4. The van der Waals surface area contributed by atoms with E-state index in [2.05, 4.69) is 68.3 Å². The Hall–Kier alpha value is -3.15. The molecular formula is C25H26N4O. The number of piperazine rings is 1. The van der Waals surface area contributed by atoms with Crippen molar-refractivity contribution in [1.29, 1.82) is 0 Å². The summed E-state index contributed by atoms with van der Waals surface area (Å²) in [4.78, 5) is 7.03. The van der Waals surface area contributed by atoms with Crippen molar-refractivity contribution in [2.75, 3.05) is 31.1 Å². The third kappa shape index (κ3) is 3.47. The van der Waals surface area contributed by atoms with Crippen molar-refractivity contribution in [3.8, 4) is 16.8 Å². The monoisotopic (exact) mass is 398 g/mol. The standard InChI is InChI=1S/C25H26N4O/c1-18(30)19-9-10-25-23(16-19)27-17-29(25)21-6-4-5-20(15-21)22-7-2-3-8-24(22)28-13-11-26-12-14-28/h2-10,15-18,26,30H,11-14H2,1H3. The molecule has 2 heterocycles. The average molecular weight is 399 g/mol. The zero-order valence-electron chi connectivity index (χ0n) is 17.1. The molecule has 2 N–H and O–H groups in total. The fraction of sp³-hybridized carbons (Fsp3) is 0.240. The lowest BCUT2D eigenvalue weighted by Crippen LogP contribution is -2.43. The summed E-state index contributed by atoms with van der Waals surface area (Å²) in [6.07, 6.45) is 1.36. The summed E-state index contributed by atoms with van der Waals surface area (Å²) >= 11 is 0. The van der Waals surface area contributed by atoms with Crippen molar-refractivity contribution in [3.05, 3.63) is 78.6 Å². The minimum Gasteiger partial charge on any atom is -0.389 e. The Labute approximate surface area is 176 Å². The molecule has 0 aliphatic carbocycles. The lowest BCUT2D eigenvalue weighted by molar-refractivity contribution is 0.199. The van der Waals surface area contributed by atoms with Crippen LogP contribution in [0.5, 0.6) is 0 Å². The molecule has 1 aromatic heterocycles. The van der Waals surface area contributed by atoms with Crippen LogP contribution in [0.2, 0.25) is 0 Å². The summed E-state index contributed by atoms with van der Waals surface area (Å²) in [5.41, 5.74) is 7.62. The van der Waals surface area contributed by atoms with Gasteiger partial charge in [0.2, 0.25) is 0 Å². The van der Waals surface area contributed by atoms with Crippen molar-refractivity contribution in [2.24, 2.45) is 0 Å². The maximum atomic E-state index is 9.86. The maximum Gasteiger partial charge on any atom is 0.100 e. The summed E-state index contributed by atoms with van der Waals surface area (Å²) in [5.74, 6) is 0. The molecule has 152 valence electrons. The largest absolute Gasteiger partial charge is 0.389 e. The number of aliphatic hydroxyl groups is 1. The van der Waals surface area contributed by atoms with E-state index in [1.807, 2.05) is 24.5 Å². The number of benzene rings is 3. The van der Waals surface area contributed by atoms with Gasteiger partial charge < -0.3 is 15.3 Å². The molecule has 0 saturated carbocycles. The fourth-order valence-electron chi connectivity index (χ4n) is 4.22. The van der Waals surface area contributed by atoms with Gasteiger partial charge in [-0.1, -0.05) is 36.4 Å². The zero-order chi connectivity index (χ0) is 20.5. The molecule has 5 rings (SSSR count). The van der Waals surface area contributed by atoms with Gasteiger partial charge in [0.1, 0.15) is 6.33 Å². The molecule has 0 radical (unpaired) electrons. The molecule has 1 saturated heterocycles. The first-order chi connectivity index (χ1) is 14.7. The van der Waals surface area contributed by atoms with Crippen LogP contribution in [-0.2, 0) is 0 Å². The average Bonchev–Trinajstić information content (AvgIpc) is 3.23. The normalized spacial score (nSPS) is 15.5. The van der Waals surface area contributed by atoms with Crippen LogP contribution >= 0.6 is 0 Å². The summed E-state index contributed by atoms with van der Waals surface area (Å²) in [6.45, 7) is 5.86. The van der Waals surface area contributed by atoms with Crippen molar-refractivity contribution < 1.29 is 5.11 Å². The Kier molecular flexibility index (Phi) is 4.99. The van der Waals surface area contributed by atoms with Crippen LogP contribution in [0, 0.1) is 0 Å². The van der Waals surface area contributed by atoms with Crippen molar-refractivity contribution in [1.82, 2.24) is 14.9 Å². The van der Waals surface area contributed by atoms with Gasteiger partial charge in [0.15, 0.2) is 0 Å². The van der Waals surface area contributed by atoms with Crippen LogP contribution < -0.4 is 10.2 Å². The molecule has 0 spiro atoms. The van der Waals surface area contributed by atoms with Gasteiger partial charge in [-0.05, 0) is 48.4 Å². The maximum absolute atomic E-state index is 9.86. The molecule has 1 unspecified atom stereocenters. The van der Waals surface area contributed by atoms with E-state index in [0.29, 0.717) is 0 Å². The van der Waals surface area contributed by atoms with Gasteiger partial charge >= 0.3 is 0 Å². The molecule has 0 amide bonds. The van der Waals surface area contributed by atoms with E-state index in [4.69, 9.17) is 0 Å². The highest BCUT2D eigenvalue weighted by Crippen LogP contribution is 2.32. The van der Waals surface area contributed by atoms with Gasteiger partial charge in [0.05, 0.1) is 17.1 Å². The molecule has 1 atom stereocenters. The first-order valence-corrected chi connectivity index (χ1v) is 10.5. The number of fused-ring (bicyclic) bond motifs is 1. The van der Waals surface area contributed by atoms with E-state index < -0.39 is 6.10 Å². The van der Waals surface area contributed by atoms with Crippen molar-refractivity contribution >= 4 is 16.7 Å². The second-order valence-electron chi connectivity index (χ2n) is 7.84. The molecule has 5 nitrogen and oxygen atoms in total. The molecular weight excluding hydrogens is 372 g/mol. The van der Waals surface area contributed by atoms with Crippen molar-refractivity contribution in [2.45, 2.75) is 13.0 Å². The Morgan fingerprint density at radius 3 is 2.63 bits per heavy atom. The van der Waals surface area contributed by atoms with E-state index in [1.54, 1.807) is 6.92 Å². The lowest BCUT2D eigenvalue weighted by atomic mass is 10.0. The van der Waals surface area contributed by atoms with Gasteiger partial charge in [0, 0.05) is 43.1 Å². The Morgan fingerprint density at radius 2 is 1.80 bits per heavy atom. The molecule has 1 aliphatic heterocycles. The Balaban J connectivity index is 1.55. The van der Waals surface area contributed by atoms with Gasteiger partial charge in [-0.3, -0.25) is 4.57 Å². The highest BCUT2D eigenvalue weighted by molar-refractivity contribution is 5.82. The van der Waals surface area contributed by atoms with E-state index in [0.717, 1.165) is 48.5 Å². The number of hydrogen-bond acceptors (Lipinski definition) is 4. The van der Waals surface area contributed by atoms with Gasteiger partial charge in [-0.15, -0.1) is 0 Å². The molecule has 4 aromatic rings. The third-order valence-corrected chi connectivity index (χ3v) is 5.85. The topological polar surface area (TPSA) is 53.3 Å². The SMILES string of the molecule is CC(O)c1ccc2c(c1)ncn2-c1cccc(-c2ccccc2N2CCNCC2)c1. The van der Waals surface area contributed by atoms with Gasteiger partial charge in [-0.2, -0.15) is 0 Å². The Morgan fingerprint density at radius 1 is 0.967 bits per heavy atom. The number of para-hydroxylation sites is 1. The number of hydrogen-bond donors (Lipinski definition) is 2. The second kappa shape index (κ2) is 7.94. The van der Waals surface area contributed by atoms with Crippen LogP contribution in [0.3, 0.4) is 0 Å². The first-order valence-electron chi connectivity index (χ1n) is 10.5. The van der Waals surface area contributed by atoms with Gasteiger partial charge in [-0.25, -0.2) is 4.98 Å². The quantitative estimate of drug-likeness (QED) is 0.542. The summed E-state index contributed by atoms with van der Waals surface area (Å²) in [6, 6.07) is 23.2. The predicted octanol–water partition coefficient (Wildman–Crippen LogP) is 4.16. The number of anilines is 1. The van der Waals surface area contributed by atoms with Gasteiger partial charge in [0.25, 0.3) is 0 Å². The van der Waals surface area contributed by atoms with Crippen LogP contribution in [0.15, 0.2) is 73.1 Å². The van der Waals surface area contributed by atoms with E-state index >= 15 is 0 Å². The highest BCUT2D eigenvalue weighted by atomic mass is 16.3. The molecule has 1 aliphatic rings. The molecule has 0 bridgehead atoms. The highest BCUT2D eigenvalue weighted by Gasteiger charge is 2.15. The number of nitrogens with one attached hydrogen (secondary N) is 1. The molecule has 3 aromatic carbocycles. The summed E-state index contributed by atoms with van der Waals surface area (Å²) in [5, 5.41) is 13.3. The number of aromatic nitrogens is 2. The van der Waals surface area contributed by atoms with E-state index in [9.17, 15) is 5.11 Å². The number of aliphatic hydroxyl groups excluding tert-OH is 1. The lowest BCUT2D eigenvalue weighted by Gasteiger charge is -2.31. The van der Waals surface area contributed by atoms with Crippen molar-refractivity contribution in [3.63, 3.8) is 0 Å². The van der Waals surface area contributed by atoms with Crippen LogP contribution in [0.25, 0.3) is 27.8 Å². The fourth-order valence-corrected chi connectivity index (χ4v) is 4.22. The van der Waals surface area contributed by atoms with Crippen LogP contribution in [0.1, 0.15) is 18.6 Å².